The standard InChI is InChI=1S/C23H23N3O4/c1-30-14-21(27)24-17-12-20-22(28)25-19-10-9-16(8-7-15-5-3-2-4-6-15)11-18(19)23(29)26(20)13-17/h2-11,17,20H,12-14H2,1H3,(H,24,27)(H,25,28). The lowest BCUT2D eigenvalue weighted by Crippen LogP contribution is -2.41. The van der Waals surface area contributed by atoms with E-state index in [1.165, 1.54) is 7.11 Å². The topological polar surface area (TPSA) is 87.7 Å². The maximum absolute atomic E-state index is 13.2. The molecule has 2 N–H and O–H groups in total. The Hall–Kier alpha value is -3.45. The largest absolute Gasteiger partial charge is 0.375 e. The van der Waals surface area contributed by atoms with Crippen molar-refractivity contribution in [3.8, 4) is 0 Å². The van der Waals surface area contributed by atoms with Crippen LogP contribution in [0.25, 0.3) is 12.2 Å². The first-order valence-electron chi connectivity index (χ1n) is 9.82. The first-order chi connectivity index (χ1) is 14.5. The Morgan fingerprint density at radius 2 is 1.93 bits per heavy atom. The number of anilines is 1. The molecule has 30 heavy (non-hydrogen) atoms. The summed E-state index contributed by atoms with van der Waals surface area (Å²) in [7, 11) is 1.44. The number of nitrogens with zero attached hydrogens (tertiary/aromatic N) is 1. The molecule has 2 aliphatic heterocycles. The van der Waals surface area contributed by atoms with E-state index in [0.717, 1.165) is 11.1 Å². The molecule has 0 bridgehead atoms. The number of carbonyl (C=O) groups is 3. The molecule has 2 heterocycles. The van der Waals surface area contributed by atoms with Crippen LogP contribution in [0.15, 0.2) is 48.5 Å². The molecule has 2 atom stereocenters. The van der Waals surface area contributed by atoms with E-state index in [4.69, 9.17) is 4.74 Å². The van der Waals surface area contributed by atoms with Crippen LogP contribution in [0.2, 0.25) is 0 Å². The zero-order valence-electron chi connectivity index (χ0n) is 16.6. The van der Waals surface area contributed by atoms with Crippen LogP contribution < -0.4 is 10.6 Å². The third-order valence-corrected chi connectivity index (χ3v) is 5.30. The zero-order chi connectivity index (χ0) is 21.1. The van der Waals surface area contributed by atoms with Gasteiger partial charge in [-0.2, -0.15) is 0 Å². The molecular formula is C23H23N3O4. The quantitative estimate of drug-likeness (QED) is 0.747. The predicted molar refractivity (Wildman–Crippen MR) is 114 cm³/mol. The second-order valence-electron chi connectivity index (χ2n) is 7.44. The molecule has 0 saturated carbocycles. The number of hydrogen-bond acceptors (Lipinski definition) is 4. The van der Waals surface area contributed by atoms with Gasteiger partial charge in [0.25, 0.3) is 5.91 Å². The van der Waals surface area contributed by atoms with Gasteiger partial charge in [-0.15, -0.1) is 0 Å². The number of nitrogens with one attached hydrogen (secondary N) is 2. The third-order valence-electron chi connectivity index (χ3n) is 5.30. The molecule has 0 aromatic heterocycles. The van der Waals surface area contributed by atoms with Gasteiger partial charge in [0.2, 0.25) is 11.8 Å². The highest BCUT2D eigenvalue weighted by Gasteiger charge is 2.43. The molecule has 7 heteroatoms. The molecule has 2 aromatic rings. The lowest BCUT2D eigenvalue weighted by Gasteiger charge is -2.20. The van der Waals surface area contributed by atoms with Crippen LogP contribution in [-0.4, -0.2) is 55.0 Å². The Morgan fingerprint density at radius 3 is 2.70 bits per heavy atom. The molecule has 1 fully saturated rings. The fourth-order valence-corrected chi connectivity index (χ4v) is 3.89. The highest BCUT2D eigenvalue weighted by molar-refractivity contribution is 6.10. The van der Waals surface area contributed by atoms with Gasteiger partial charge >= 0.3 is 0 Å². The van der Waals surface area contributed by atoms with Crippen molar-refractivity contribution in [2.75, 3.05) is 25.6 Å². The molecule has 0 aliphatic carbocycles. The van der Waals surface area contributed by atoms with Gasteiger partial charge in [-0.05, 0) is 29.7 Å². The Morgan fingerprint density at radius 1 is 1.17 bits per heavy atom. The summed E-state index contributed by atoms with van der Waals surface area (Å²) in [5.74, 6) is -0.716. The molecular weight excluding hydrogens is 382 g/mol. The van der Waals surface area contributed by atoms with Crippen LogP contribution in [0.1, 0.15) is 27.9 Å². The van der Waals surface area contributed by atoms with E-state index in [9.17, 15) is 14.4 Å². The lowest BCUT2D eigenvalue weighted by molar-refractivity contribution is -0.125. The van der Waals surface area contributed by atoms with Gasteiger partial charge in [-0.1, -0.05) is 48.6 Å². The van der Waals surface area contributed by atoms with Crippen LogP contribution >= 0.6 is 0 Å². The van der Waals surface area contributed by atoms with Gasteiger partial charge in [0.05, 0.1) is 11.3 Å². The molecule has 0 radical (unpaired) electrons. The van der Waals surface area contributed by atoms with Crippen LogP contribution in [0.4, 0.5) is 5.69 Å². The highest BCUT2D eigenvalue weighted by Crippen LogP contribution is 2.30. The van der Waals surface area contributed by atoms with Gasteiger partial charge in [0.1, 0.15) is 12.6 Å². The van der Waals surface area contributed by atoms with Crippen molar-refractivity contribution in [2.24, 2.45) is 0 Å². The van der Waals surface area contributed by atoms with Crippen molar-refractivity contribution in [3.05, 3.63) is 65.2 Å². The summed E-state index contributed by atoms with van der Waals surface area (Å²) < 4.78 is 4.83. The molecule has 7 nitrogen and oxygen atoms in total. The minimum Gasteiger partial charge on any atom is -0.375 e. The second-order valence-corrected chi connectivity index (χ2v) is 7.44. The summed E-state index contributed by atoms with van der Waals surface area (Å²) in [4.78, 5) is 39.3. The first kappa shape index (κ1) is 19.8. The van der Waals surface area contributed by atoms with Gasteiger partial charge in [-0.3, -0.25) is 14.4 Å². The highest BCUT2D eigenvalue weighted by atomic mass is 16.5. The average molecular weight is 405 g/mol. The van der Waals surface area contributed by atoms with Crippen LogP contribution in [0, 0.1) is 0 Å². The normalized spacial score (nSPS) is 20.5. The molecule has 4 rings (SSSR count). The maximum atomic E-state index is 13.2. The summed E-state index contributed by atoms with van der Waals surface area (Å²) in [5, 5.41) is 5.68. The van der Waals surface area contributed by atoms with Gasteiger partial charge in [0.15, 0.2) is 0 Å². The van der Waals surface area contributed by atoms with Crippen molar-refractivity contribution in [3.63, 3.8) is 0 Å². The average Bonchev–Trinajstić information content (AvgIpc) is 3.13. The minimum absolute atomic E-state index is 0.0543. The molecule has 0 spiro atoms. The Bertz CT molecular complexity index is 1000. The van der Waals surface area contributed by atoms with E-state index in [2.05, 4.69) is 10.6 Å². The number of carbonyl (C=O) groups excluding carboxylic acids is 3. The Labute approximate surface area is 174 Å². The third kappa shape index (κ3) is 4.11. The van der Waals surface area contributed by atoms with Crippen LogP contribution in [-0.2, 0) is 14.3 Å². The van der Waals surface area contributed by atoms with Crippen LogP contribution in [0.3, 0.4) is 0 Å². The van der Waals surface area contributed by atoms with Crippen molar-refractivity contribution >= 4 is 35.6 Å². The zero-order valence-corrected chi connectivity index (χ0v) is 16.6. The number of hydrogen-bond donors (Lipinski definition) is 2. The minimum atomic E-state index is -0.610. The van der Waals surface area contributed by atoms with Gasteiger partial charge in [-0.25, -0.2) is 0 Å². The Balaban J connectivity index is 1.56. The van der Waals surface area contributed by atoms with Gasteiger partial charge < -0.3 is 20.3 Å². The molecule has 2 aromatic carbocycles. The van der Waals surface area contributed by atoms with Crippen molar-refractivity contribution in [1.29, 1.82) is 0 Å². The monoisotopic (exact) mass is 405 g/mol. The van der Waals surface area contributed by atoms with E-state index in [1.807, 2.05) is 48.6 Å². The van der Waals surface area contributed by atoms with Crippen molar-refractivity contribution in [1.82, 2.24) is 10.2 Å². The first-order valence-corrected chi connectivity index (χ1v) is 9.82. The number of benzene rings is 2. The van der Waals surface area contributed by atoms with E-state index >= 15 is 0 Å². The summed E-state index contributed by atoms with van der Waals surface area (Å²) >= 11 is 0. The summed E-state index contributed by atoms with van der Waals surface area (Å²) in [6.07, 6.45) is 4.29. The summed E-state index contributed by atoms with van der Waals surface area (Å²) in [6, 6.07) is 14.4. The van der Waals surface area contributed by atoms with E-state index in [0.29, 0.717) is 17.7 Å². The molecule has 2 unspecified atom stereocenters. The SMILES string of the molecule is COCC(=O)NC1CC2C(=O)Nc3ccc(C=Cc4ccccc4)cc3C(=O)N2C1. The van der Waals surface area contributed by atoms with Crippen molar-refractivity contribution in [2.45, 2.75) is 18.5 Å². The Kier molecular flexibility index (Phi) is 5.63. The number of methoxy groups -OCH3 is 1. The van der Waals surface area contributed by atoms with E-state index in [-0.39, 0.29) is 36.9 Å². The van der Waals surface area contributed by atoms with Gasteiger partial charge in [0, 0.05) is 19.7 Å². The van der Waals surface area contributed by atoms with Crippen LogP contribution in [0.5, 0.6) is 0 Å². The maximum Gasteiger partial charge on any atom is 0.256 e. The molecule has 1 saturated heterocycles. The number of amides is 3. The molecule has 3 amide bonds. The predicted octanol–water partition coefficient (Wildman–Crippen LogP) is 2.15. The molecule has 154 valence electrons. The molecule has 2 aliphatic rings. The number of rotatable bonds is 5. The number of ether oxygens (including phenoxy) is 1. The fourth-order valence-electron chi connectivity index (χ4n) is 3.89. The smallest absolute Gasteiger partial charge is 0.256 e. The lowest BCUT2D eigenvalue weighted by atomic mass is 10.1. The van der Waals surface area contributed by atoms with Crippen molar-refractivity contribution < 1.29 is 19.1 Å². The van der Waals surface area contributed by atoms with E-state index < -0.39 is 6.04 Å². The fraction of sp³-hybridized carbons (Fsp3) is 0.261. The number of fused-ring (bicyclic) bond motifs is 2. The second kappa shape index (κ2) is 8.51. The summed E-state index contributed by atoms with van der Waals surface area (Å²) in [5.41, 5.74) is 2.88. The van der Waals surface area contributed by atoms with E-state index in [1.54, 1.807) is 17.0 Å². The summed E-state index contributed by atoms with van der Waals surface area (Å²) in [6.45, 7) is 0.233.